The number of hydrogen-bond acceptors (Lipinski definition) is 1. The first kappa shape index (κ1) is 10.1. The molecule has 16 heavy (non-hydrogen) atoms. The van der Waals surface area contributed by atoms with Gasteiger partial charge in [0.05, 0.1) is 24.1 Å². The Bertz CT molecular complexity index is 603. The van der Waals surface area contributed by atoms with Gasteiger partial charge in [0.25, 0.3) is 0 Å². The van der Waals surface area contributed by atoms with Crippen LogP contribution in [0.2, 0.25) is 0 Å². The lowest BCUT2D eigenvalue weighted by atomic mass is 10.3. The monoisotopic (exact) mass is 209 g/mol. The quantitative estimate of drug-likeness (QED) is 0.721. The lowest BCUT2D eigenvalue weighted by molar-refractivity contribution is 0.691. The summed E-state index contributed by atoms with van der Waals surface area (Å²) in [6.45, 7) is 0.772. The maximum absolute atomic E-state index is 8.02. The Morgan fingerprint density at radius 3 is 1.81 bits per heavy atom. The van der Waals surface area contributed by atoms with Crippen LogP contribution in [0.5, 0.6) is 0 Å². The summed E-state index contributed by atoms with van der Waals surface area (Å²) in [5.41, 5.74) is 2.23. The molecule has 78 valence electrons. The van der Waals surface area contributed by atoms with E-state index in [1.54, 1.807) is 9.13 Å². The normalized spacial score (nSPS) is 9.88. The van der Waals surface area contributed by atoms with Crippen LogP contribution in [0.25, 0.3) is 11.0 Å². The Morgan fingerprint density at radius 1 is 1.00 bits per heavy atom. The number of aromatic nitrogens is 2. The summed E-state index contributed by atoms with van der Waals surface area (Å²) in [6, 6.07) is 7.74. The van der Waals surface area contributed by atoms with Gasteiger partial charge in [0.2, 0.25) is 5.62 Å². The Balaban J connectivity index is 2.82. The van der Waals surface area contributed by atoms with E-state index in [1.165, 1.54) is 0 Å². The van der Waals surface area contributed by atoms with Crippen LogP contribution in [-0.4, -0.2) is 9.13 Å². The molecule has 0 fully saturated rings. The van der Waals surface area contributed by atoms with E-state index in [4.69, 9.17) is 18.3 Å². The maximum Gasteiger partial charge on any atom is 0.204 e. The predicted molar refractivity (Wildman–Crippen MR) is 63.4 cm³/mol. The molecule has 0 bridgehead atoms. The molecule has 0 amide bonds. The van der Waals surface area contributed by atoms with Crippen molar-refractivity contribution in [3.05, 3.63) is 29.9 Å². The molecule has 0 aliphatic heterocycles. The standard InChI is InChI=1S/C13H11N3/c1-3-9-15-11-7-5-6-8-12(11)16(10-4-2)13(15)14/h1-2,5-8,14H,9-10H2. The van der Waals surface area contributed by atoms with Crippen molar-refractivity contribution in [1.29, 1.82) is 5.41 Å². The molecule has 2 rings (SSSR count). The molecule has 3 nitrogen and oxygen atoms in total. The largest absolute Gasteiger partial charge is 0.299 e. The minimum absolute atomic E-state index is 0.345. The number of imidazole rings is 1. The van der Waals surface area contributed by atoms with Gasteiger partial charge in [-0.25, -0.2) is 0 Å². The van der Waals surface area contributed by atoms with Gasteiger partial charge in [-0.3, -0.25) is 14.5 Å². The van der Waals surface area contributed by atoms with Crippen LogP contribution in [0.3, 0.4) is 0 Å². The molecule has 1 N–H and O–H groups in total. The fourth-order valence-corrected chi connectivity index (χ4v) is 1.80. The van der Waals surface area contributed by atoms with Gasteiger partial charge in [0, 0.05) is 0 Å². The Hall–Kier alpha value is -2.39. The van der Waals surface area contributed by atoms with Gasteiger partial charge in [-0.05, 0) is 12.1 Å². The molecule has 0 spiro atoms. The van der Waals surface area contributed by atoms with E-state index in [2.05, 4.69) is 11.8 Å². The number of terminal acetylenes is 2. The highest BCUT2D eigenvalue weighted by molar-refractivity contribution is 5.76. The smallest absolute Gasteiger partial charge is 0.204 e. The molecule has 1 heterocycles. The first-order valence-corrected chi connectivity index (χ1v) is 4.89. The first-order chi connectivity index (χ1) is 7.79. The Morgan fingerprint density at radius 2 is 1.44 bits per heavy atom. The van der Waals surface area contributed by atoms with Crippen LogP contribution in [0.1, 0.15) is 0 Å². The van der Waals surface area contributed by atoms with E-state index < -0.39 is 0 Å². The number of para-hydroxylation sites is 2. The zero-order chi connectivity index (χ0) is 11.5. The summed E-state index contributed by atoms with van der Waals surface area (Å²) in [5, 5.41) is 8.02. The summed E-state index contributed by atoms with van der Waals surface area (Å²) in [6.07, 6.45) is 10.6. The van der Waals surface area contributed by atoms with Crippen molar-refractivity contribution < 1.29 is 0 Å². The molecule has 0 saturated carbocycles. The van der Waals surface area contributed by atoms with Crippen LogP contribution in [0.4, 0.5) is 0 Å². The fourth-order valence-electron chi connectivity index (χ4n) is 1.80. The van der Waals surface area contributed by atoms with Crippen LogP contribution in [0.15, 0.2) is 24.3 Å². The van der Waals surface area contributed by atoms with Gasteiger partial charge in [-0.1, -0.05) is 24.0 Å². The highest BCUT2D eigenvalue weighted by Gasteiger charge is 2.07. The number of nitrogens with zero attached hydrogens (tertiary/aromatic N) is 2. The number of fused-ring (bicyclic) bond motifs is 1. The van der Waals surface area contributed by atoms with Crippen molar-refractivity contribution in [2.45, 2.75) is 13.1 Å². The molecule has 0 unspecified atom stereocenters. The predicted octanol–water partition coefficient (Wildman–Crippen LogP) is 1.19. The first-order valence-electron chi connectivity index (χ1n) is 4.89. The number of nitrogens with one attached hydrogen (secondary N) is 1. The molecular weight excluding hydrogens is 198 g/mol. The Labute approximate surface area is 93.8 Å². The lowest BCUT2D eigenvalue weighted by Gasteiger charge is -1.96. The third-order valence-corrected chi connectivity index (χ3v) is 2.47. The zero-order valence-electron chi connectivity index (χ0n) is 8.77. The number of hydrogen-bond donors (Lipinski definition) is 1. The molecule has 0 aliphatic carbocycles. The molecule has 1 aromatic carbocycles. The van der Waals surface area contributed by atoms with Crippen molar-refractivity contribution in [3.63, 3.8) is 0 Å². The summed E-state index contributed by atoms with van der Waals surface area (Å²) in [5.74, 6) is 5.10. The van der Waals surface area contributed by atoms with Crippen molar-refractivity contribution >= 4 is 11.0 Å². The summed E-state index contributed by atoms with van der Waals surface area (Å²) >= 11 is 0. The molecule has 0 saturated heterocycles. The minimum Gasteiger partial charge on any atom is -0.299 e. The highest BCUT2D eigenvalue weighted by atomic mass is 15.2. The molecular formula is C13H11N3. The number of rotatable bonds is 2. The van der Waals surface area contributed by atoms with Crippen LogP contribution >= 0.6 is 0 Å². The summed E-state index contributed by atoms with van der Waals surface area (Å²) < 4.78 is 3.54. The van der Waals surface area contributed by atoms with Crippen molar-refractivity contribution in [3.8, 4) is 24.7 Å². The molecule has 0 radical (unpaired) electrons. The SMILES string of the molecule is C#CCn1c(=N)n(CC#C)c2ccccc21. The van der Waals surface area contributed by atoms with E-state index >= 15 is 0 Å². The topological polar surface area (TPSA) is 33.7 Å². The number of benzene rings is 1. The van der Waals surface area contributed by atoms with Crippen LogP contribution in [-0.2, 0) is 13.1 Å². The second kappa shape index (κ2) is 4.00. The van der Waals surface area contributed by atoms with E-state index in [0.29, 0.717) is 18.7 Å². The van der Waals surface area contributed by atoms with Crippen molar-refractivity contribution in [2.75, 3.05) is 0 Å². The van der Waals surface area contributed by atoms with Gasteiger partial charge in [-0.15, -0.1) is 12.8 Å². The van der Waals surface area contributed by atoms with Gasteiger partial charge >= 0.3 is 0 Å². The molecule has 1 aromatic heterocycles. The molecule has 0 aliphatic rings. The van der Waals surface area contributed by atoms with Crippen molar-refractivity contribution in [2.24, 2.45) is 0 Å². The van der Waals surface area contributed by atoms with E-state index in [9.17, 15) is 0 Å². The van der Waals surface area contributed by atoms with Crippen LogP contribution < -0.4 is 5.62 Å². The maximum atomic E-state index is 8.02. The molecule has 2 aromatic rings. The lowest BCUT2D eigenvalue weighted by Crippen LogP contribution is -2.24. The third kappa shape index (κ3) is 1.39. The second-order valence-electron chi connectivity index (χ2n) is 3.39. The van der Waals surface area contributed by atoms with Gasteiger partial charge < -0.3 is 0 Å². The highest BCUT2D eigenvalue weighted by Crippen LogP contribution is 2.11. The Kier molecular flexibility index (Phi) is 2.54. The average Bonchev–Trinajstić information content (AvgIpc) is 2.56. The average molecular weight is 209 g/mol. The van der Waals surface area contributed by atoms with E-state index in [0.717, 1.165) is 11.0 Å². The van der Waals surface area contributed by atoms with Crippen molar-refractivity contribution in [1.82, 2.24) is 9.13 Å². The van der Waals surface area contributed by atoms with Gasteiger partial charge in [0.15, 0.2) is 0 Å². The third-order valence-electron chi connectivity index (χ3n) is 2.47. The zero-order valence-corrected chi connectivity index (χ0v) is 8.77. The van der Waals surface area contributed by atoms with Gasteiger partial charge in [0.1, 0.15) is 0 Å². The molecule has 3 heteroatoms. The fraction of sp³-hybridized carbons (Fsp3) is 0.154. The minimum atomic E-state index is 0.345. The van der Waals surface area contributed by atoms with E-state index in [1.807, 2.05) is 24.3 Å². The van der Waals surface area contributed by atoms with Gasteiger partial charge in [-0.2, -0.15) is 0 Å². The van der Waals surface area contributed by atoms with Crippen LogP contribution in [0, 0.1) is 30.1 Å². The second-order valence-corrected chi connectivity index (χ2v) is 3.39. The van der Waals surface area contributed by atoms with E-state index in [-0.39, 0.29) is 0 Å². The summed E-state index contributed by atoms with van der Waals surface area (Å²) in [4.78, 5) is 0. The summed E-state index contributed by atoms with van der Waals surface area (Å²) in [7, 11) is 0. The molecule has 0 atom stereocenters.